The number of aromatic nitrogens is 3. The van der Waals surface area contributed by atoms with Crippen LogP contribution in [-0.2, 0) is 11.5 Å². The van der Waals surface area contributed by atoms with Crippen molar-refractivity contribution < 1.29 is 18.3 Å². The standard InChI is InChI=1S/C34H35F2N5O2SSi/c1-44-34-40-31(23-10-8-13-26(20-23)39-33(42)30-27(35)14-9-15-28(30)36)32(41(34)22-43-18-19-45(2,3)4)24-16-17-37-29(21-24)38-25-11-6-5-7-12-25/h5-17,20-21H,18-19,22H2,1-4H3,(H,37,38)(H,39,42). The molecule has 3 aromatic carbocycles. The van der Waals surface area contributed by atoms with Crippen LogP contribution in [0.15, 0.2) is 96.3 Å². The van der Waals surface area contributed by atoms with Gasteiger partial charge in [-0.05, 0) is 60.8 Å². The van der Waals surface area contributed by atoms with Crippen molar-refractivity contribution in [2.45, 2.75) is 37.6 Å². The molecular weight excluding hydrogens is 609 g/mol. The molecule has 11 heteroatoms. The van der Waals surface area contributed by atoms with Crippen molar-refractivity contribution in [1.29, 1.82) is 0 Å². The van der Waals surface area contributed by atoms with E-state index in [2.05, 4.69) is 35.3 Å². The first-order valence-electron chi connectivity index (χ1n) is 14.5. The number of carbonyl (C=O) groups is 1. The number of halogens is 2. The summed E-state index contributed by atoms with van der Waals surface area (Å²) in [4.78, 5) is 22.4. The highest BCUT2D eigenvalue weighted by Gasteiger charge is 2.22. The number of amides is 1. The van der Waals surface area contributed by atoms with Crippen molar-refractivity contribution in [3.05, 3.63) is 108 Å². The van der Waals surface area contributed by atoms with Gasteiger partial charge in [0, 0.05) is 43.4 Å². The van der Waals surface area contributed by atoms with Gasteiger partial charge < -0.3 is 15.4 Å². The summed E-state index contributed by atoms with van der Waals surface area (Å²) in [6.45, 7) is 7.89. The molecule has 0 saturated heterocycles. The van der Waals surface area contributed by atoms with Crippen LogP contribution in [0.2, 0.25) is 25.7 Å². The van der Waals surface area contributed by atoms with Crippen molar-refractivity contribution in [3.63, 3.8) is 0 Å². The van der Waals surface area contributed by atoms with Crippen LogP contribution in [0.1, 0.15) is 10.4 Å². The maximum Gasteiger partial charge on any atom is 0.261 e. The van der Waals surface area contributed by atoms with Crippen LogP contribution < -0.4 is 10.6 Å². The van der Waals surface area contributed by atoms with E-state index >= 15 is 0 Å². The number of nitrogens with zero attached hydrogens (tertiary/aromatic N) is 3. The maximum atomic E-state index is 14.3. The lowest BCUT2D eigenvalue weighted by Crippen LogP contribution is -2.22. The molecule has 0 radical (unpaired) electrons. The lowest BCUT2D eigenvalue weighted by Gasteiger charge is -2.17. The van der Waals surface area contributed by atoms with Crippen LogP contribution in [0.3, 0.4) is 0 Å². The zero-order valence-corrected chi connectivity index (χ0v) is 27.4. The van der Waals surface area contributed by atoms with Crippen molar-refractivity contribution in [2.24, 2.45) is 0 Å². The largest absolute Gasteiger partial charge is 0.361 e. The summed E-state index contributed by atoms with van der Waals surface area (Å²) < 4.78 is 36.9. The van der Waals surface area contributed by atoms with E-state index in [1.165, 1.54) is 17.8 Å². The van der Waals surface area contributed by atoms with Crippen molar-refractivity contribution in [1.82, 2.24) is 14.5 Å². The van der Waals surface area contributed by atoms with E-state index < -0.39 is 31.2 Å². The Bertz CT molecular complexity index is 1770. The quantitative estimate of drug-likeness (QED) is 0.0803. The predicted octanol–water partition coefficient (Wildman–Crippen LogP) is 8.92. The molecule has 0 unspecified atom stereocenters. The number of benzene rings is 3. The summed E-state index contributed by atoms with van der Waals surface area (Å²) in [7, 11) is -1.29. The second kappa shape index (κ2) is 14.2. The Morgan fingerprint density at radius 2 is 1.62 bits per heavy atom. The summed E-state index contributed by atoms with van der Waals surface area (Å²) in [5, 5.41) is 6.75. The van der Waals surface area contributed by atoms with E-state index in [-0.39, 0.29) is 0 Å². The number of ether oxygens (including phenoxy) is 1. The molecular formula is C34H35F2N5O2SSi. The monoisotopic (exact) mass is 643 g/mol. The number of hydrogen-bond donors (Lipinski definition) is 2. The summed E-state index contributed by atoms with van der Waals surface area (Å²) in [6.07, 6.45) is 3.70. The topological polar surface area (TPSA) is 81.1 Å². The fourth-order valence-corrected chi connectivity index (χ4v) is 6.01. The van der Waals surface area contributed by atoms with E-state index in [1.54, 1.807) is 24.4 Å². The number of anilines is 3. The second-order valence-electron chi connectivity index (χ2n) is 11.6. The zero-order valence-electron chi connectivity index (χ0n) is 25.6. The minimum Gasteiger partial charge on any atom is -0.361 e. The normalized spacial score (nSPS) is 11.4. The molecule has 0 aliphatic rings. The number of carbonyl (C=O) groups excluding carboxylic acids is 1. The third-order valence-electron chi connectivity index (χ3n) is 7.00. The van der Waals surface area contributed by atoms with Crippen LogP contribution in [0.4, 0.5) is 26.0 Å². The molecule has 0 saturated carbocycles. The highest BCUT2D eigenvalue weighted by molar-refractivity contribution is 7.98. The molecule has 0 aliphatic carbocycles. The highest BCUT2D eigenvalue weighted by atomic mass is 32.2. The molecule has 45 heavy (non-hydrogen) atoms. The van der Waals surface area contributed by atoms with Gasteiger partial charge in [0.2, 0.25) is 0 Å². The number of para-hydroxylation sites is 1. The second-order valence-corrected chi connectivity index (χ2v) is 18.0. The van der Waals surface area contributed by atoms with Gasteiger partial charge in [0.05, 0.1) is 11.4 Å². The smallest absolute Gasteiger partial charge is 0.261 e. The fraction of sp³-hybridized carbons (Fsp3) is 0.206. The Morgan fingerprint density at radius 1 is 0.911 bits per heavy atom. The van der Waals surface area contributed by atoms with Crippen LogP contribution in [0, 0.1) is 11.6 Å². The Balaban J connectivity index is 1.54. The average molecular weight is 644 g/mol. The number of pyridine rings is 1. The van der Waals surface area contributed by atoms with Crippen molar-refractivity contribution in [2.75, 3.05) is 23.5 Å². The number of hydrogen-bond acceptors (Lipinski definition) is 6. The molecule has 0 spiro atoms. The Labute approximate surface area is 267 Å². The highest BCUT2D eigenvalue weighted by Crippen LogP contribution is 2.37. The summed E-state index contributed by atoms with van der Waals surface area (Å²) >= 11 is 1.50. The molecule has 0 atom stereocenters. The average Bonchev–Trinajstić information content (AvgIpc) is 3.38. The van der Waals surface area contributed by atoms with Gasteiger partial charge in [-0.2, -0.15) is 0 Å². The lowest BCUT2D eigenvalue weighted by molar-refractivity contribution is 0.0825. The molecule has 5 rings (SSSR count). The first-order valence-corrected chi connectivity index (χ1v) is 19.4. The zero-order chi connectivity index (χ0) is 32.0. The van der Waals surface area contributed by atoms with E-state index in [0.717, 1.165) is 40.3 Å². The Kier molecular flexibility index (Phi) is 10.1. The lowest BCUT2D eigenvalue weighted by atomic mass is 10.0. The van der Waals surface area contributed by atoms with Gasteiger partial charge in [-0.25, -0.2) is 18.7 Å². The van der Waals surface area contributed by atoms with Gasteiger partial charge in [-0.15, -0.1) is 0 Å². The molecule has 7 nitrogen and oxygen atoms in total. The van der Waals surface area contributed by atoms with Crippen LogP contribution in [0.5, 0.6) is 0 Å². The first-order chi connectivity index (χ1) is 21.6. The van der Waals surface area contributed by atoms with Crippen molar-refractivity contribution >= 4 is 42.9 Å². The molecule has 232 valence electrons. The van der Waals surface area contributed by atoms with Crippen molar-refractivity contribution in [3.8, 4) is 22.5 Å². The third-order valence-corrected chi connectivity index (χ3v) is 9.38. The summed E-state index contributed by atoms with van der Waals surface area (Å²) in [5.41, 5.74) is 3.70. The SMILES string of the molecule is CSc1nc(-c2cccc(NC(=O)c3c(F)cccc3F)c2)c(-c2ccnc(Nc3ccccc3)c2)n1COCC[Si](C)(C)C. The van der Waals surface area contributed by atoms with E-state index in [0.29, 0.717) is 36.1 Å². The molecule has 0 aliphatic heterocycles. The first kappa shape index (κ1) is 32.1. The minimum atomic E-state index is -1.29. The molecule has 1 amide bonds. The number of nitrogens with one attached hydrogen (secondary N) is 2. The Hall–Kier alpha value is -4.32. The third kappa shape index (κ3) is 8.04. The van der Waals surface area contributed by atoms with Gasteiger partial charge in [0.25, 0.3) is 5.91 Å². The van der Waals surface area contributed by atoms with E-state index in [9.17, 15) is 13.6 Å². The molecule has 2 aromatic heterocycles. The van der Waals surface area contributed by atoms with E-state index in [4.69, 9.17) is 9.72 Å². The molecule has 0 fully saturated rings. The van der Waals surface area contributed by atoms with E-state index in [1.807, 2.05) is 59.4 Å². The summed E-state index contributed by atoms with van der Waals surface area (Å²) in [5.74, 6) is -2.07. The predicted molar refractivity (Wildman–Crippen MR) is 181 cm³/mol. The molecule has 5 aromatic rings. The van der Waals surface area contributed by atoms with Gasteiger partial charge in [0.1, 0.15) is 29.7 Å². The minimum absolute atomic E-state index is 0.301. The van der Waals surface area contributed by atoms with Gasteiger partial charge >= 0.3 is 0 Å². The fourth-order valence-electron chi connectivity index (χ4n) is 4.70. The molecule has 0 bridgehead atoms. The van der Waals surface area contributed by atoms with Gasteiger partial charge in [-0.1, -0.05) is 67.8 Å². The van der Waals surface area contributed by atoms with Gasteiger partial charge in [0.15, 0.2) is 5.16 Å². The number of thioether (sulfide) groups is 1. The maximum absolute atomic E-state index is 14.3. The molecule has 2 N–H and O–H groups in total. The number of imidazole rings is 1. The summed E-state index contributed by atoms with van der Waals surface area (Å²) in [6, 6.07) is 25.1. The van der Waals surface area contributed by atoms with Crippen LogP contribution in [0.25, 0.3) is 22.5 Å². The van der Waals surface area contributed by atoms with Gasteiger partial charge in [-0.3, -0.25) is 9.36 Å². The molecule has 2 heterocycles. The number of rotatable bonds is 12. The van der Waals surface area contributed by atoms with Crippen LogP contribution in [-0.4, -0.2) is 41.4 Å². The Morgan fingerprint density at radius 3 is 2.33 bits per heavy atom. The van der Waals surface area contributed by atoms with Crippen LogP contribution >= 0.6 is 11.8 Å².